The number of anilines is 1. The van der Waals surface area contributed by atoms with E-state index in [-0.39, 0.29) is 17.2 Å². The summed E-state index contributed by atoms with van der Waals surface area (Å²) in [4.78, 5) is 27.9. The Morgan fingerprint density at radius 2 is 1.74 bits per heavy atom. The minimum atomic E-state index is -0.432. The van der Waals surface area contributed by atoms with E-state index >= 15 is 0 Å². The topological polar surface area (TPSA) is 107 Å². The third kappa shape index (κ3) is 5.46. The number of nitro benzene ring substituents is 1. The maximum atomic E-state index is 14.3. The molecule has 2 fully saturated rings. The van der Waals surface area contributed by atoms with Gasteiger partial charge in [-0.1, -0.05) is 36.4 Å². The van der Waals surface area contributed by atoms with Gasteiger partial charge in [0.25, 0.3) is 11.6 Å². The highest BCUT2D eigenvalue weighted by Crippen LogP contribution is 2.47. The van der Waals surface area contributed by atoms with Crippen LogP contribution in [0.25, 0.3) is 6.08 Å². The minimum absolute atomic E-state index is 0.0717. The number of hydrazone groups is 1. The summed E-state index contributed by atoms with van der Waals surface area (Å²) in [5, 5.41) is 18.6. The molecule has 10 nitrogen and oxygen atoms in total. The molecule has 2 aliphatic heterocycles. The lowest BCUT2D eigenvalue weighted by atomic mass is 9.77. The van der Waals surface area contributed by atoms with Crippen molar-refractivity contribution in [2.24, 2.45) is 11.0 Å². The first kappa shape index (κ1) is 28.4. The number of rotatable bonds is 7. The molecule has 0 bridgehead atoms. The number of methoxy groups -OCH3 is 2. The van der Waals surface area contributed by atoms with Gasteiger partial charge in [-0.25, -0.2) is 5.01 Å². The molecule has 3 aromatic carbocycles. The molecule has 0 unspecified atom stereocenters. The Morgan fingerprint density at radius 3 is 2.49 bits per heavy atom. The van der Waals surface area contributed by atoms with E-state index < -0.39 is 16.9 Å². The molecule has 43 heavy (non-hydrogen) atoms. The Morgan fingerprint density at radius 1 is 1.02 bits per heavy atom. The number of allylic oxidation sites excluding steroid dienone is 1. The molecular weight excluding hydrogens is 548 g/mol. The fourth-order valence-electron chi connectivity index (χ4n) is 6.37. The maximum absolute atomic E-state index is 14.3. The molecule has 1 amide bonds. The van der Waals surface area contributed by atoms with Crippen LogP contribution >= 0.6 is 0 Å². The molecule has 222 valence electrons. The zero-order valence-corrected chi connectivity index (χ0v) is 24.3. The van der Waals surface area contributed by atoms with Gasteiger partial charge in [-0.15, -0.1) is 0 Å². The monoisotopic (exact) mass is 582 g/mol. The zero-order valence-electron chi connectivity index (χ0n) is 24.3. The van der Waals surface area contributed by atoms with Gasteiger partial charge in [0.05, 0.1) is 44.1 Å². The second kappa shape index (κ2) is 12.3. The second-order valence-electron chi connectivity index (χ2n) is 10.8. The Hall–Kier alpha value is -4.70. The fraction of sp³-hybridized carbons (Fsp3) is 0.333. The molecule has 2 heterocycles. The van der Waals surface area contributed by atoms with Gasteiger partial charge in [0, 0.05) is 41.8 Å². The van der Waals surface area contributed by atoms with Crippen molar-refractivity contribution < 1.29 is 23.9 Å². The normalized spacial score (nSPS) is 20.9. The molecule has 0 spiro atoms. The Bertz CT molecular complexity index is 1600. The number of carbonyl (C=O) groups excluding carboxylic acids is 1. The second-order valence-corrected chi connectivity index (χ2v) is 10.8. The van der Waals surface area contributed by atoms with E-state index in [4.69, 9.17) is 19.3 Å². The van der Waals surface area contributed by atoms with Gasteiger partial charge in [0.1, 0.15) is 17.2 Å². The number of benzene rings is 3. The summed E-state index contributed by atoms with van der Waals surface area (Å²) >= 11 is 0. The quantitative estimate of drug-likeness (QED) is 0.253. The van der Waals surface area contributed by atoms with Gasteiger partial charge in [0.2, 0.25) is 0 Å². The lowest BCUT2D eigenvalue weighted by molar-refractivity contribution is -0.384. The van der Waals surface area contributed by atoms with Crippen LogP contribution in [0.1, 0.15) is 46.8 Å². The number of amides is 1. The van der Waals surface area contributed by atoms with Gasteiger partial charge in [0.15, 0.2) is 0 Å². The summed E-state index contributed by atoms with van der Waals surface area (Å²) in [6.07, 6.45) is 4.68. The van der Waals surface area contributed by atoms with Gasteiger partial charge >= 0.3 is 0 Å². The van der Waals surface area contributed by atoms with E-state index in [1.54, 1.807) is 26.4 Å². The average molecular weight is 583 g/mol. The molecule has 0 N–H and O–H groups in total. The summed E-state index contributed by atoms with van der Waals surface area (Å²) < 4.78 is 16.7. The van der Waals surface area contributed by atoms with E-state index in [9.17, 15) is 14.9 Å². The number of ether oxygens (including phenoxy) is 3. The average Bonchev–Trinajstić information content (AvgIpc) is 3.45. The van der Waals surface area contributed by atoms with Crippen molar-refractivity contribution >= 4 is 29.1 Å². The number of fused-ring (bicyclic) bond motifs is 1. The number of morpholine rings is 1. The molecule has 1 saturated carbocycles. The lowest BCUT2D eigenvalue weighted by Crippen LogP contribution is -2.36. The molecule has 1 aliphatic carbocycles. The van der Waals surface area contributed by atoms with Crippen LogP contribution in [-0.2, 0) is 4.74 Å². The maximum Gasteiger partial charge on any atom is 0.293 e. The molecule has 2 atom stereocenters. The fourth-order valence-corrected chi connectivity index (χ4v) is 6.37. The molecule has 0 aromatic heterocycles. The van der Waals surface area contributed by atoms with Crippen molar-refractivity contribution in [2.45, 2.75) is 25.3 Å². The van der Waals surface area contributed by atoms with Crippen LogP contribution in [-0.4, -0.2) is 62.1 Å². The van der Waals surface area contributed by atoms with Crippen molar-refractivity contribution in [3.63, 3.8) is 0 Å². The standard InChI is InChI=1S/C33H34N4O6/c1-41-29-12-5-3-8-22(29)20-23-9-7-11-26-31(23)34-36(32(26)25-10-4-6-13-30(25)42-2)33(38)24-14-15-27(28(21-24)37(39)40)35-16-18-43-19-17-35/h3-6,8,10,12-15,20-21,26,32H,7,9,11,16-19H2,1-2H3/b23-20-/t26-,32-/m1/s1. The predicted octanol–water partition coefficient (Wildman–Crippen LogP) is 5.89. The zero-order chi connectivity index (χ0) is 29.9. The van der Waals surface area contributed by atoms with Crippen molar-refractivity contribution in [1.29, 1.82) is 0 Å². The van der Waals surface area contributed by atoms with Crippen molar-refractivity contribution in [3.8, 4) is 11.5 Å². The number of carbonyl (C=O) groups is 1. The summed E-state index contributed by atoms with van der Waals surface area (Å²) in [5.41, 5.74) is 4.26. The number of nitro groups is 1. The lowest BCUT2D eigenvalue weighted by Gasteiger charge is -2.31. The van der Waals surface area contributed by atoms with Crippen LogP contribution in [0.15, 0.2) is 77.4 Å². The molecule has 3 aliphatic rings. The number of hydrogen-bond acceptors (Lipinski definition) is 8. The molecule has 1 saturated heterocycles. The van der Waals surface area contributed by atoms with E-state index in [1.807, 2.05) is 53.4 Å². The Balaban J connectivity index is 1.43. The summed E-state index contributed by atoms with van der Waals surface area (Å²) in [6, 6.07) is 19.7. The first-order valence-electron chi connectivity index (χ1n) is 14.5. The van der Waals surface area contributed by atoms with Gasteiger partial charge in [-0.05, 0) is 55.2 Å². The molecule has 0 radical (unpaired) electrons. The first-order chi connectivity index (χ1) is 21.0. The number of para-hydroxylation sites is 2. The van der Waals surface area contributed by atoms with Crippen molar-refractivity contribution in [2.75, 3.05) is 45.4 Å². The van der Waals surface area contributed by atoms with Gasteiger partial charge < -0.3 is 19.1 Å². The third-order valence-corrected chi connectivity index (χ3v) is 8.41. The van der Waals surface area contributed by atoms with Crippen molar-refractivity contribution in [1.82, 2.24) is 5.01 Å². The number of nitrogens with zero attached hydrogens (tertiary/aromatic N) is 4. The first-order valence-corrected chi connectivity index (χ1v) is 14.5. The van der Waals surface area contributed by atoms with Crippen LogP contribution < -0.4 is 14.4 Å². The van der Waals surface area contributed by atoms with Crippen molar-refractivity contribution in [3.05, 3.63) is 99.1 Å². The van der Waals surface area contributed by atoms with E-state index in [2.05, 4.69) is 6.08 Å². The van der Waals surface area contributed by atoms with Crippen LogP contribution in [0, 0.1) is 16.0 Å². The summed E-state index contributed by atoms with van der Waals surface area (Å²) in [6.45, 7) is 2.09. The molecule has 3 aromatic rings. The highest BCUT2D eigenvalue weighted by Gasteiger charge is 2.45. The Labute approximate surface area is 250 Å². The van der Waals surface area contributed by atoms with Gasteiger partial charge in [-0.3, -0.25) is 14.9 Å². The van der Waals surface area contributed by atoms with Crippen LogP contribution in [0.5, 0.6) is 11.5 Å². The largest absolute Gasteiger partial charge is 0.496 e. The van der Waals surface area contributed by atoms with Crippen LogP contribution in [0.2, 0.25) is 0 Å². The van der Waals surface area contributed by atoms with Crippen LogP contribution in [0.3, 0.4) is 0 Å². The van der Waals surface area contributed by atoms with Gasteiger partial charge in [-0.2, -0.15) is 5.10 Å². The Kier molecular flexibility index (Phi) is 8.11. The molecular formula is C33H34N4O6. The molecule has 10 heteroatoms. The predicted molar refractivity (Wildman–Crippen MR) is 164 cm³/mol. The SMILES string of the molecule is COc1ccccc1/C=C1/CCC[C@@H]2C1=NN(C(=O)c1ccc(N3CCOCC3)c([N+](=O)[O-])c1)[C@@H]2c1ccccc1OC. The van der Waals surface area contributed by atoms with E-state index in [0.717, 1.165) is 47.4 Å². The van der Waals surface area contributed by atoms with E-state index in [1.165, 1.54) is 11.1 Å². The van der Waals surface area contributed by atoms with E-state index in [0.29, 0.717) is 37.7 Å². The summed E-state index contributed by atoms with van der Waals surface area (Å²) in [5.74, 6) is 0.956. The minimum Gasteiger partial charge on any atom is -0.496 e. The highest BCUT2D eigenvalue weighted by molar-refractivity contribution is 6.09. The highest BCUT2D eigenvalue weighted by atomic mass is 16.6. The van der Waals surface area contributed by atoms with Crippen LogP contribution in [0.4, 0.5) is 11.4 Å². The number of hydrogen-bond donors (Lipinski definition) is 0. The molecule has 6 rings (SSSR count). The smallest absolute Gasteiger partial charge is 0.293 e. The summed E-state index contributed by atoms with van der Waals surface area (Å²) in [7, 11) is 3.26. The third-order valence-electron chi connectivity index (χ3n) is 8.41.